The third-order valence-electron chi connectivity index (χ3n) is 2.53. The molecule has 0 aromatic heterocycles. The van der Waals surface area contributed by atoms with E-state index >= 15 is 0 Å². The predicted molar refractivity (Wildman–Crippen MR) is 51.4 cm³/mol. The molecule has 2 heterocycles. The maximum Gasteiger partial charge on any atom is 0.0645 e. The van der Waals surface area contributed by atoms with Crippen LogP contribution in [0.2, 0.25) is 0 Å². The van der Waals surface area contributed by atoms with Gasteiger partial charge in [-0.3, -0.25) is 4.90 Å². The van der Waals surface area contributed by atoms with Crippen LogP contribution in [-0.4, -0.2) is 37.2 Å². The number of likely N-dealkylation sites (tertiary alicyclic amines) is 1. The summed E-state index contributed by atoms with van der Waals surface area (Å²) in [7, 11) is 0. The minimum absolute atomic E-state index is 0.778. The molecule has 0 radical (unpaired) electrons. The highest BCUT2D eigenvalue weighted by Crippen LogP contribution is 2.16. The van der Waals surface area contributed by atoms with Gasteiger partial charge >= 0.3 is 0 Å². The zero-order valence-electron chi connectivity index (χ0n) is 8.38. The van der Waals surface area contributed by atoms with Gasteiger partial charge in [-0.1, -0.05) is 20.3 Å². The van der Waals surface area contributed by atoms with Crippen molar-refractivity contribution in [1.29, 1.82) is 0 Å². The molecule has 72 valence electrons. The molecule has 2 saturated heterocycles. The van der Waals surface area contributed by atoms with E-state index in [2.05, 4.69) is 4.90 Å². The Morgan fingerprint density at radius 3 is 2.00 bits per heavy atom. The van der Waals surface area contributed by atoms with E-state index < -0.39 is 0 Å². The quantitative estimate of drug-likeness (QED) is 0.597. The molecule has 2 rings (SSSR count). The van der Waals surface area contributed by atoms with E-state index in [1.165, 1.54) is 32.4 Å². The van der Waals surface area contributed by atoms with Gasteiger partial charge in [0.05, 0.1) is 19.3 Å². The van der Waals surface area contributed by atoms with Gasteiger partial charge in [-0.2, -0.15) is 0 Å². The zero-order valence-corrected chi connectivity index (χ0v) is 8.38. The number of nitrogens with zero attached hydrogens (tertiary/aromatic N) is 1. The van der Waals surface area contributed by atoms with Crippen LogP contribution >= 0.6 is 0 Å². The summed E-state index contributed by atoms with van der Waals surface area (Å²) >= 11 is 0. The molecule has 2 aliphatic rings. The molecule has 0 aromatic carbocycles. The summed E-state index contributed by atoms with van der Waals surface area (Å²) in [6, 6.07) is 0.778. The van der Waals surface area contributed by atoms with E-state index in [0.29, 0.717) is 0 Å². The maximum absolute atomic E-state index is 5.15. The van der Waals surface area contributed by atoms with Gasteiger partial charge in [0.25, 0.3) is 0 Å². The smallest absolute Gasteiger partial charge is 0.0645 e. The van der Waals surface area contributed by atoms with Crippen LogP contribution in [0.3, 0.4) is 0 Å². The molecular formula is C10H21NO. The molecule has 2 heteroatoms. The monoisotopic (exact) mass is 171 g/mol. The largest absolute Gasteiger partial charge is 0.378 e. The van der Waals surface area contributed by atoms with Crippen molar-refractivity contribution in [1.82, 2.24) is 4.90 Å². The van der Waals surface area contributed by atoms with Gasteiger partial charge in [-0.05, 0) is 25.9 Å². The van der Waals surface area contributed by atoms with Crippen LogP contribution in [0.25, 0.3) is 0 Å². The lowest BCUT2D eigenvalue weighted by Gasteiger charge is -2.39. The van der Waals surface area contributed by atoms with Crippen molar-refractivity contribution in [2.24, 2.45) is 0 Å². The lowest BCUT2D eigenvalue weighted by molar-refractivity contribution is -0.0698. The van der Waals surface area contributed by atoms with E-state index in [-0.39, 0.29) is 0 Å². The molecule has 0 aliphatic carbocycles. The lowest BCUT2D eigenvalue weighted by Crippen LogP contribution is -2.50. The van der Waals surface area contributed by atoms with Gasteiger partial charge in [0.2, 0.25) is 0 Å². The Morgan fingerprint density at radius 1 is 1.00 bits per heavy atom. The summed E-state index contributed by atoms with van der Waals surface area (Å²) in [6.07, 6.45) is 4.23. The number of hydrogen-bond acceptors (Lipinski definition) is 2. The highest BCUT2D eigenvalue weighted by atomic mass is 16.5. The molecule has 0 spiro atoms. The van der Waals surface area contributed by atoms with Gasteiger partial charge in [-0.25, -0.2) is 0 Å². The predicted octanol–water partition coefficient (Wildman–Crippen LogP) is 1.90. The molecule has 0 N–H and O–H groups in total. The van der Waals surface area contributed by atoms with E-state index in [9.17, 15) is 0 Å². The van der Waals surface area contributed by atoms with Crippen molar-refractivity contribution < 1.29 is 4.74 Å². The number of rotatable bonds is 1. The third kappa shape index (κ3) is 2.46. The Hall–Kier alpha value is -0.0800. The maximum atomic E-state index is 5.15. The first kappa shape index (κ1) is 10.0. The first-order chi connectivity index (χ1) is 5.97. The Labute approximate surface area is 75.9 Å². The summed E-state index contributed by atoms with van der Waals surface area (Å²) in [5, 5.41) is 0. The van der Waals surface area contributed by atoms with Crippen molar-refractivity contribution in [3.05, 3.63) is 0 Å². The molecule has 12 heavy (non-hydrogen) atoms. The second-order valence-corrected chi connectivity index (χ2v) is 3.29. The van der Waals surface area contributed by atoms with Gasteiger partial charge in [0, 0.05) is 0 Å². The highest BCUT2D eigenvalue weighted by Gasteiger charge is 2.26. The van der Waals surface area contributed by atoms with Gasteiger partial charge in [-0.15, -0.1) is 0 Å². The van der Waals surface area contributed by atoms with Gasteiger partial charge < -0.3 is 4.74 Å². The standard InChI is InChI=1S/C8H15NO.C2H6/c1-2-4-9(5-3-1)8-6-10-7-8;1-2/h8H,1-7H2;1-2H3. The van der Waals surface area contributed by atoms with Crippen molar-refractivity contribution in [2.75, 3.05) is 26.3 Å². The van der Waals surface area contributed by atoms with E-state index in [0.717, 1.165) is 19.3 Å². The molecule has 2 nitrogen and oxygen atoms in total. The summed E-state index contributed by atoms with van der Waals surface area (Å²) in [5.41, 5.74) is 0. The second-order valence-electron chi connectivity index (χ2n) is 3.29. The third-order valence-corrected chi connectivity index (χ3v) is 2.53. The average Bonchev–Trinajstić information content (AvgIpc) is 2.07. The molecule has 0 amide bonds. The Kier molecular flexibility index (Phi) is 4.62. The van der Waals surface area contributed by atoms with Crippen LogP contribution in [-0.2, 0) is 4.74 Å². The van der Waals surface area contributed by atoms with Crippen LogP contribution < -0.4 is 0 Å². The van der Waals surface area contributed by atoms with Crippen LogP contribution in [0.4, 0.5) is 0 Å². The summed E-state index contributed by atoms with van der Waals surface area (Å²) in [4.78, 5) is 2.58. The second kappa shape index (κ2) is 5.55. The first-order valence-corrected chi connectivity index (χ1v) is 5.28. The van der Waals surface area contributed by atoms with Crippen LogP contribution in [0, 0.1) is 0 Å². The summed E-state index contributed by atoms with van der Waals surface area (Å²) < 4.78 is 5.15. The lowest BCUT2D eigenvalue weighted by atomic mass is 10.1. The highest BCUT2D eigenvalue weighted by molar-refractivity contribution is 4.79. The van der Waals surface area contributed by atoms with Crippen LogP contribution in [0.15, 0.2) is 0 Å². The van der Waals surface area contributed by atoms with E-state index in [1.807, 2.05) is 13.8 Å². The normalized spacial score (nSPS) is 25.5. The van der Waals surface area contributed by atoms with E-state index in [4.69, 9.17) is 4.74 Å². The molecule has 0 atom stereocenters. The Morgan fingerprint density at radius 2 is 1.58 bits per heavy atom. The minimum atomic E-state index is 0.778. The zero-order chi connectivity index (χ0) is 8.81. The Balaban J connectivity index is 0.000000336. The number of ether oxygens (including phenoxy) is 1. The fraction of sp³-hybridized carbons (Fsp3) is 1.00. The number of hydrogen-bond donors (Lipinski definition) is 0. The fourth-order valence-corrected chi connectivity index (χ4v) is 1.72. The van der Waals surface area contributed by atoms with Gasteiger partial charge in [0.15, 0.2) is 0 Å². The molecule has 0 aromatic rings. The summed E-state index contributed by atoms with van der Waals surface area (Å²) in [6.45, 7) is 8.60. The topological polar surface area (TPSA) is 12.5 Å². The Bertz CT molecular complexity index is 106. The fourth-order valence-electron chi connectivity index (χ4n) is 1.72. The molecule has 0 unspecified atom stereocenters. The molecule has 2 fully saturated rings. The van der Waals surface area contributed by atoms with Crippen molar-refractivity contribution >= 4 is 0 Å². The molecule has 2 aliphatic heterocycles. The van der Waals surface area contributed by atoms with Crippen molar-refractivity contribution in [3.63, 3.8) is 0 Å². The number of piperidine rings is 1. The molecule has 0 saturated carbocycles. The molecular weight excluding hydrogens is 150 g/mol. The van der Waals surface area contributed by atoms with Crippen LogP contribution in [0.1, 0.15) is 33.1 Å². The van der Waals surface area contributed by atoms with Gasteiger partial charge in [0.1, 0.15) is 0 Å². The van der Waals surface area contributed by atoms with Crippen molar-refractivity contribution in [3.8, 4) is 0 Å². The SMILES string of the molecule is C1CCN(C2COC2)CC1.CC. The van der Waals surface area contributed by atoms with Crippen molar-refractivity contribution in [2.45, 2.75) is 39.2 Å². The van der Waals surface area contributed by atoms with Crippen LogP contribution in [0.5, 0.6) is 0 Å². The molecule has 0 bridgehead atoms. The van der Waals surface area contributed by atoms with E-state index in [1.54, 1.807) is 0 Å². The minimum Gasteiger partial charge on any atom is -0.378 e. The summed E-state index contributed by atoms with van der Waals surface area (Å²) in [5.74, 6) is 0. The average molecular weight is 171 g/mol. The first-order valence-electron chi connectivity index (χ1n) is 5.28.